The zero-order chi connectivity index (χ0) is 27.5. The van der Waals surface area contributed by atoms with Gasteiger partial charge in [0.1, 0.15) is 23.8 Å². The number of hydrogen-bond donors (Lipinski definition) is 0. The van der Waals surface area contributed by atoms with Gasteiger partial charge in [0, 0.05) is 22.9 Å². The minimum atomic E-state index is -0.227. The first-order valence-electron chi connectivity index (χ1n) is 12.8. The van der Waals surface area contributed by atoms with Gasteiger partial charge in [-0.15, -0.1) is 5.10 Å². The largest absolute Gasteiger partial charge is 0.494 e. The van der Waals surface area contributed by atoms with Crippen molar-refractivity contribution in [2.24, 2.45) is 0 Å². The molecule has 0 fully saturated rings. The first kappa shape index (κ1) is 25.3. The van der Waals surface area contributed by atoms with Crippen LogP contribution in [0.2, 0.25) is 0 Å². The van der Waals surface area contributed by atoms with Crippen molar-refractivity contribution >= 4 is 22.4 Å². The molecular weight excluding hydrogens is 522 g/mol. The maximum Gasteiger partial charge on any atom is 0.291 e. The molecule has 0 N–H and O–H groups in total. The van der Waals surface area contributed by atoms with Crippen molar-refractivity contribution in [2.75, 3.05) is 13.2 Å². The number of ether oxygens (including phenoxy) is 2. The molecule has 0 aliphatic rings. The van der Waals surface area contributed by atoms with Gasteiger partial charge in [0.2, 0.25) is 4.96 Å². The van der Waals surface area contributed by atoms with Crippen LogP contribution in [0, 0.1) is 0 Å². The predicted octanol–water partition coefficient (Wildman–Crippen LogP) is 5.18. The van der Waals surface area contributed by atoms with Gasteiger partial charge in [-0.2, -0.15) is 14.6 Å². The summed E-state index contributed by atoms with van der Waals surface area (Å²) < 4.78 is 14.8. The van der Waals surface area contributed by atoms with E-state index in [1.54, 1.807) is 6.08 Å². The molecule has 0 spiro atoms. The Morgan fingerprint density at radius 2 is 1.60 bits per heavy atom. The van der Waals surface area contributed by atoms with Crippen molar-refractivity contribution in [2.45, 2.75) is 6.92 Å². The van der Waals surface area contributed by atoms with E-state index < -0.39 is 0 Å². The highest BCUT2D eigenvalue weighted by molar-refractivity contribution is 7.15. The third-order valence-corrected chi connectivity index (χ3v) is 7.11. The van der Waals surface area contributed by atoms with Gasteiger partial charge in [-0.05, 0) is 73.7 Å². The van der Waals surface area contributed by atoms with Crippen molar-refractivity contribution in [3.63, 3.8) is 0 Å². The number of fused-ring (bicyclic) bond motifs is 1. The Bertz CT molecular complexity index is 1890. The van der Waals surface area contributed by atoms with Crippen LogP contribution in [0.4, 0.5) is 0 Å². The number of rotatable bonds is 9. The Morgan fingerprint density at radius 1 is 0.900 bits per heavy atom. The molecule has 0 atom stereocenters. The number of nitrogens with zero attached hydrogens (tertiary/aromatic N) is 5. The molecule has 0 aliphatic carbocycles. The summed E-state index contributed by atoms with van der Waals surface area (Å²) in [6.45, 7) is 6.64. The number of hydrogen-bond acceptors (Lipinski definition) is 7. The van der Waals surface area contributed by atoms with Crippen LogP contribution < -0.4 is 19.6 Å². The molecular formula is C31H25N5O3S. The summed E-state index contributed by atoms with van der Waals surface area (Å²) in [4.78, 5) is 18.5. The molecule has 0 saturated heterocycles. The molecule has 3 heterocycles. The van der Waals surface area contributed by atoms with Gasteiger partial charge in [0.25, 0.3) is 5.56 Å². The molecule has 0 saturated carbocycles. The smallest absolute Gasteiger partial charge is 0.291 e. The van der Waals surface area contributed by atoms with Crippen molar-refractivity contribution < 1.29 is 9.47 Å². The normalized spacial score (nSPS) is 11.7. The first-order valence-corrected chi connectivity index (χ1v) is 13.6. The standard InChI is InChI=1S/C31H25N5O3S/c1-3-18-39-26-16-12-22(13-17-26)29-32-31-36(34-29)30(37)27(40-31)19-23-20-35(24-8-6-5-7-9-24)33-28(23)21-10-14-25(15-11-21)38-4-2/h3,5-17,19-20H,1,4,18H2,2H3/b27-19-. The SMILES string of the molecule is C=CCOc1ccc(-c2nc3s/c(=C\c4cn(-c5ccccc5)nc4-c4ccc(OCC)cc4)c(=O)n3n2)cc1. The molecule has 6 aromatic rings. The molecule has 0 radical (unpaired) electrons. The maximum absolute atomic E-state index is 13.4. The lowest BCUT2D eigenvalue weighted by molar-refractivity contribution is 0.340. The fourth-order valence-corrected chi connectivity index (χ4v) is 5.16. The van der Waals surface area contributed by atoms with E-state index in [1.807, 2.05) is 103 Å². The molecule has 198 valence electrons. The maximum atomic E-state index is 13.4. The minimum Gasteiger partial charge on any atom is -0.494 e. The summed E-state index contributed by atoms with van der Waals surface area (Å²) in [6, 6.07) is 25.1. The van der Waals surface area contributed by atoms with E-state index in [-0.39, 0.29) is 5.56 Å². The number of benzene rings is 3. The average Bonchev–Trinajstić information content (AvgIpc) is 3.68. The number of para-hydroxylation sites is 1. The molecule has 0 amide bonds. The van der Waals surface area contributed by atoms with Gasteiger partial charge >= 0.3 is 0 Å². The second-order valence-corrected chi connectivity index (χ2v) is 9.85. The summed E-state index contributed by atoms with van der Waals surface area (Å²) in [5, 5.41) is 9.36. The highest BCUT2D eigenvalue weighted by Gasteiger charge is 2.15. The molecule has 6 rings (SSSR count). The van der Waals surface area contributed by atoms with Gasteiger partial charge in [-0.1, -0.05) is 42.2 Å². The van der Waals surface area contributed by atoms with E-state index >= 15 is 0 Å². The Balaban J connectivity index is 1.39. The summed E-state index contributed by atoms with van der Waals surface area (Å²) in [5.74, 6) is 2.00. The predicted molar refractivity (Wildman–Crippen MR) is 157 cm³/mol. The topological polar surface area (TPSA) is 83.5 Å². The van der Waals surface area contributed by atoms with Crippen LogP contribution in [0.5, 0.6) is 11.5 Å². The van der Waals surface area contributed by atoms with Crippen LogP contribution in [-0.4, -0.2) is 37.6 Å². The third kappa shape index (κ3) is 5.02. The van der Waals surface area contributed by atoms with E-state index in [0.29, 0.717) is 28.5 Å². The van der Waals surface area contributed by atoms with Gasteiger partial charge in [0.15, 0.2) is 5.82 Å². The highest BCUT2D eigenvalue weighted by Crippen LogP contribution is 2.27. The lowest BCUT2D eigenvalue weighted by atomic mass is 10.1. The molecule has 3 aromatic carbocycles. The van der Waals surface area contributed by atoms with Crippen LogP contribution in [-0.2, 0) is 0 Å². The number of thiazole rings is 1. The van der Waals surface area contributed by atoms with Crippen LogP contribution >= 0.6 is 11.3 Å². The van der Waals surface area contributed by atoms with Crippen LogP contribution in [0.3, 0.4) is 0 Å². The summed E-state index contributed by atoms with van der Waals surface area (Å²) in [7, 11) is 0. The Labute approximate surface area is 234 Å². The highest BCUT2D eigenvalue weighted by atomic mass is 32.1. The van der Waals surface area contributed by atoms with Gasteiger partial charge in [-0.25, -0.2) is 4.68 Å². The minimum absolute atomic E-state index is 0.227. The zero-order valence-corrected chi connectivity index (χ0v) is 22.5. The third-order valence-electron chi connectivity index (χ3n) is 6.15. The molecule has 40 heavy (non-hydrogen) atoms. The van der Waals surface area contributed by atoms with Crippen molar-refractivity contribution in [1.82, 2.24) is 24.4 Å². The fourth-order valence-electron chi connectivity index (χ4n) is 4.26. The van der Waals surface area contributed by atoms with E-state index in [1.165, 1.54) is 15.9 Å². The summed E-state index contributed by atoms with van der Waals surface area (Å²) in [6.07, 6.45) is 5.47. The monoisotopic (exact) mass is 547 g/mol. The molecule has 0 aliphatic heterocycles. The van der Waals surface area contributed by atoms with E-state index in [9.17, 15) is 4.79 Å². The first-order chi connectivity index (χ1) is 19.6. The Kier molecular flexibility index (Phi) is 6.95. The van der Waals surface area contributed by atoms with Crippen molar-refractivity contribution in [3.05, 3.63) is 118 Å². The Hall–Kier alpha value is -5.02. The fraction of sp³-hybridized carbons (Fsp3) is 0.0968. The quantitative estimate of drug-likeness (QED) is 0.232. The van der Waals surface area contributed by atoms with Crippen LogP contribution in [0.15, 0.2) is 103 Å². The summed E-state index contributed by atoms with van der Waals surface area (Å²) in [5.41, 5.74) is 3.97. The second-order valence-electron chi connectivity index (χ2n) is 8.84. The Morgan fingerprint density at radius 3 is 2.27 bits per heavy atom. The second kappa shape index (κ2) is 11.0. The molecule has 0 bridgehead atoms. The van der Waals surface area contributed by atoms with Gasteiger partial charge in [-0.3, -0.25) is 4.79 Å². The summed E-state index contributed by atoms with van der Waals surface area (Å²) >= 11 is 1.29. The average molecular weight is 548 g/mol. The van der Waals surface area contributed by atoms with Crippen molar-refractivity contribution in [3.8, 4) is 39.8 Å². The molecule has 9 heteroatoms. The van der Waals surface area contributed by atoms with Crippen molar-refractivity contribution in [1.29, 1.82) is 0 Å². The van der Waals surface area contributed by atoms with Gasteiger partial charge < -0.3 is 9.47 Å². The van der Waals surface area contributed by atoms with E-state index in [4.69, 9.17) is 14.6 Å². The number of aromatic nitrogens is 5. The van der Waals surface area contributed by atoms with Gasteiger partial charge in [0.05, 0.1) is 16.8 Å². The van der Waals surface area contributed by atoms with Crippen LogP contribution in [0.25, 0.3) is 39.4 Å². The molecule has 3 aromatic heterocycles. The van der Waals surface area contributed by atoms with E-state index in [0.717, 1.165) is 39.6 Å². The molecule has 0 unspecified atom stereocenters. The molecule has 8 nitrogen and oxygen atoms in total. The zero-order valence-electron chi connectivity index (χ0n) is 21.7. The lowest BCUT2D eigenvalue weighted by Crippen LogP contribution is -2.23. The van der Waals surface area contributed by atoms with Crippen LogP contribution in [0.1, 0.15) is 12.5 Å². The van der Waals surface area contributed by atoms with E-state index in [2.05, 4.69) is 16.7 Å². The lowest BCUT2D eigenvalue weighted by Gasteiger charge is -2.04.